The predicted octanol–water partition coefficient (Wildman–Crippen LogP) is 2.40. The first-order valence-electron chi connectivity index (χ1n) is 4.53. The van der Waals surface area contributed by atoms with E-state index in [0.29, 0.717) is 12.1 Å². The van der Waals surface area contributed by atoms with E-state index in [9.17, 15) is 18.0 Å². The van der Waals surface area contributed by atoms with E-state index in [4.69, 9.17) is 10.4 Å². The van der Waals surface area contributed by atoms with Crippen molar-refractivity contribution < 1.29 is 27.8 Å². The summed E-state index contributed by atoms with van der Waals surface area (Å²) in [6.07, 6.45) is 1.50. The molecule has 0 aromatic heterocycles. The number of halogens is 3. The number of ether oxygens (including phenoxy) is 1. The fourth-order valence-electron chi connectivity index (χ4n) is 1.18. The third-order valence-electron chi connectivity index (χ3n) is 1.84. The maximum absolute atomic E-state index is 13.5. The summed E-state index contributed by atoms with van der Waals surface area (Å²) in [7, 11) is 0. The van der Waals surface area contributed by atoms with Crippen molar-refractivity contribution in [2.45, 2.75) is 6.61 Å². The van der Waals surface area contributed by atoms with Gasteiger partial charge in [-0.2, -0.15) is 14.0 Å². The van der Waals surface area contributed by atoms with Gasteiger partial charge in [0, 0.05) is 17.7 Å². The van der Waals surface area contributed by atoms with Crippen LogP contribution < -0.4 is 4.74 Å². The molecular weight excluding hydrogens is 251 g/mol. The third-order valence-corrected chi connectivity index (χ3v) is 1.84. The van der Waals surface area contributed by atoms with Gasteiger partial charge in [0.25, 0.3) is 0 Å². The van der Waals surface area contributed by atoms with Gasteiger partial charge in [0.05, 0.1) is 11.6 Å². The molecule has 0 saturated heterocycles. The fourth-order valence-corrected chi connectivity index (χ4v) is 1.18. The van der Waals surface area contributed by atoms with E-state index >= 15 is 0 Å². The number of benzene rings is 1. The Morgan fingerprint density at radius 1 is 1.50 bits per heavy atom. The summed E-state index contributed by atoms with van der Waals surface area (Å²) < 4.78 is 41.3. The maximum atomic E-state index is 13.5. The molecule has 1 N–H and O–H groups in total. The van der Waals surface area contributed by atoms with Crippen molar-refractivity contribution in [3.8, 4) is 11.8 Å². The van der Waals surface area contributed by atoms with Gasteiger partial charge in [0.1, 0.15) is 11.6 Å². The maximum Gasteiger partial charge on any atom is 0.387 e. The van der Waals surface area contributed by atoms with Crippen molar-refractivity contribution in [2.24, 2.45) is 0 Å². The Morgan fingerprint density at radius 2 is 2.17 bits per heavy atom. The number of carboxylic acid groups (broad SMARTS) is 1. The minimum Gasteiger partial charge on any atom is -0.478 e. The topological polar surface area (TPSA) is 70.3 Å². The number of aliphatic carboxylic acids is 1. The summed E-state index contributed by atoms with van der Waals surface area (Å²) in [6.45, 7) is -3.14. The van der Waals surface area contributed by atoms with Crippen LogP contribution in [0.1, 0.15) is 11.1 Å². The highest BCUT2D eigenvalue weighted by Crippen LogP contribution is 2.23. The molecule has 0 bridgehead atoms. The van der Waals surface area contributed by atoms with Gasteiger partial charge in [-0.1, -0.05) is 0 Å². The monoisotopic (exact) mass is 257 g/mol. The van der Waals surface area contributed by atoms with Gasteiger partial charge in [0.15, 0.2) is 0 Å². The van der Waals surface area contributed by atoms with Gasteiger partial charge < -0.3 is 9.84 Å². The van der Waals surface area contributed by atoms with Crippen molar-refractivity contribution in [3.05, 3.63) is 35.2 Å². The van der Waals surface area contributed by atoms with Crippen molar-refractivity contribution in [1.29, 1.82) is 5.26 Å². The second kappa shape index (κ2) is 5.72. The first kappa shape index (κ1) is 13.6. The van der Waals surface area contributed by atoms with E-state index in [-0.39, 0.29) is 11.1 Å². The van der Waals surface area contributed by atoms with Crippen LogP contribution in [-0.2, 0) is 4.79 Å². The summed E-state index contributed by atoms with van der Waals surface area (Å²) in [5.41, 5.74) is -0.607. The first-order chi connectivity index (χ1) is 8.43. The molecule has 0 atom stereocenters. The number of carbonyl (C=O) groups is 1. The van der Waals surface area contributed by atoms with Gasteiger partial charge in [-0.05, 0) is 12.1 Å². The lowest BCUT2D eigenvalue weighted by molar-refractivity contribution is -0.131. The van der Waals surface area contributed by atoms with Crippen LogP contribution >= 0.6 is 0 Å². The average molecular weight is 257 g/mol. The lowest BCUT2D eigenvalue weighted by Gasteiger charge is -2.07. The lowest BCUT2D eigenvalue weighted by Crippen LogP contribution is -2.03. The Labute approximate surface area is 99.5 Å². The van der Waals surface area contributed by atoms with E-state index in [1.165, 1.54) is 0 Å². The average Bonchev–Trinajstić information content (AvgIpc) is 2.25. The molecule has 0 fully saturated rings. The number of rotatable bonds is 4. The minimum absolute atomic E-state index is 0.303. The molecule has 4 nitrogen and oxygen atoms in total. The number of carboxylic acids is 1. The molecule has 0 spiro atoms. The molecule has 0 aliphatic rings. The fraction of sp³-hybridized carbons (Fsp3) is 0.0909. The number of nitriles is 1. The Hall–Kier alpha value is -2.49. The Morgan fingerprint density at radius 3 is 2.67 bits per heavy atom. The van der Waals surface area contributed by atoms with Crippen molar-refractivity contribution in [1.82, 2.24) is 0 Å². The quantitative estimate of drug-likeness (QED) is 0.841. The number of hydrogen-bond acceptors (Lipinski definition) is 3. The number of nitrogens with zero attached hydrogens (tertiary/aromatic N) is 1. The predicted molar refractivity (Wildman–Crippen MR) is 54.4 cm³/mol. The molecule has 1 rings (SSSR count). The molecule has 0 saturated carbocycles. The van der Waals surface area contributed by atoms with Crippen molar-refractivity contribution in [3.63, 3.8) is 0 Å². The third kappa shape index (κ3) is 3.52. The second-order valence-corrected chi connectivity index (χ2v) is 3.03. The van der Waals surface area contributed by atoms with Gasteiger partial charge >= 0.3 is 12.6 Å². The lowest BCUT2D eigenvalue weighted by atomic mass is 10.1. The molecule has 0 aliphatic carbocycles. The number of alkyl halides is 2. The van der Waals surface area contributed by atoms with Gasteiger partial charge in [0.2, 0.25) is 0 Å². The highest BCUT2D eigenvalue weighted by Gasteiger charge is 2.12. The van der Waals surface area contributed by atoms with Crippen LogP contribution in [0.3, 0.4) is 0 Å². The van der Waals surface area contributed by atoms with Gasteiger partial charge in [-0.25, -0.2) is 9.18 Å². The van der Waals surface area contributed by atoms with Crippen LogP contribution in [0.15, 0.2) is 18.2 Å². The van der Waals surface area contributed by atoms with E-state index in [1.54, 1.807) is 6.07 Å². The molecule has 0 heterocycles. The van der Waals surface area contributed by atoms with Crippen LogP contribution in [0.2, 0.25) is 0 Å². The van der Waals surface area contributed by atoms with Gasteiger partial charge in [-0.3, -0.25) is 0 Å². The Kier molecular flexibility index (Phi) is 4.32. The molecule has 18 heavy (non-hydrogen) atoms. The molecule has 0 unspecified atom stereocenters. The van der Waals surface area contributed by atoms with E-state index in [0.717, 1.165) is 12.1 Å². The highest BCUT2D eigenvalue weighted by molar-refractivity contribution is 5.86. The van der Waals surface area contributed by atoms with Crippen LogP contribution in [0, 0.1) is 17.1 Å². The molecule has 1 aromatic carbocycles. The summed E-state index contributed by atoms with van der Waals surface area (Å²) in [5, 5.41) is 17.1. The van der Waals surface area contributed by atoms with Crippen LogP contribution in [0.5, 0.6) is 5.75 Å². The summed E-state index contributed by atoms with van der Waals surface area (Å²) in [4.78, 5) is 10.3. The summed E-state index contributed by atoms with van der Waals surface area (Å²) >= 11 is 0. The molecule has 7 heteroatoms. The second-order valence-electron chi connectivity index (χ2n) is 3.03. The van der Waals surface area contributed by atoms with Crippen LogP contribution in [-0.4, -0.2) is 17.7 Å². The molecule has 94 valence electrons. The SMILES string of the molecule is N#Cc1cc(OC(F)F)cc(F)c1/C=C/C(=O)O. The normalized spacial score (nSPS) is 10.6. The van der Waals surface area contributed by atoms with E-state index in [1.807, 2.05) is 0 Å². The molecule has 0 radical (unpaired) electrons. The summed E-state index contributed by atoms with van der Waals surface area (Å²) in [5.74, 6) is -2.86. The van der Waals surface area contributed by atoms with Crippen molar-refractivity contribution in [2.75, 3.05) is 0 Å². The van der Waals surface area contributed by atoms with E-state index in [2.05, 4.69) is 4.74 Å². The largest absolute Gasteiger partial charge is 0.478 e. The standard InChI is InChI=1S/C11H6F3NO3/c12-9-4-7(18-11(13)14)3-6(5-15)8(9)1-2-10(16)17/h1-4,11H,(H,16,17)/b2-1+. The minimum atomic E-state index is -3.14. The zero-order valence-electron chi connectivity index (χ0n) is 8.73. The zero-order valence-corrected chi connectivity index (χ0v) is 8.73. The van der Waals surface area contributed by atoms with Crippen LogP contribution in [0.4, 0.5) is 13.2 Å². The molecular formula is C11H6F3NO3. The Bertz CT molecular complexity index is 535. The Balaban J connectivity index is 3.21. The molecule has 1 aromatic rings. The first-order valence-corrected chi connectivity index (χ1v) is 4.53. The highest BCUT2D eigenvalue weighted by atomic mass is 19.3. The number of hydrogen-bond donors (Lipinski definition) is 1. The zero-order chi connectivity index (χ0) is 13.7. The van der Waals surface area contributed by atoms with E-state index < -0.39 is 24.1 Å². The van der Waals surface area contributed by atoms with Gasteiger partial charge in [-0.15, -0.1) is 0 Å². The molecule has 0 amide bonds. The van der Waals surface area contributed by atoms with Crippen molar-refractivity contribution >= 4 is 12.0 Å². The smallest absolute Gasteiger partial charge is 0.387 e. The molecule has 0 aliphatic heterocycles. The summed E-state index contributed by atoms with van der Waals surface area (Å²) in [6, 6.07) is 3.11. The van der Waals surface area contributed by atoms with Crippen LogP contribution in [0.25, 0.3) is 6.08 Å².